The molecule has 0 atom stereocenters. The average molecular weight is 468 g/mol. The van der Waals surface area contributed by atoms with Crippen LogP contribution >= 0.6 is 0 Å². The van der Waals surface area contributed by atoms with Crippen molar-refractivity contribution in [2.24, 2.45) is 7.05 Å². The number of nitrogen functional groups attached to an aromatic ring is 1. The molecule has 0 saturated carbocycles. The Morgan fingerprint density at radius 1 is 1.06 bits per heavy atom. The van der Waals surface area contributed by atoms with Gasteiger partial charge in [-0.25, -0.2) is 4.79 Å². The van der Waals surface area contributed by atoms with E-state index in [0.717, 1.165) is 11.3 Å². The number of amides is 1. The van der Waals surface area contributed by atoms with Crippen molar-refractivity contribution in [3.63, 3.8) is 0 Å². The predicted octanol–water partition coefficient (Wildman–Crippen LogP) is 2.33. The van der Waals surface area contributed by atoms with E-state index < -0.39 is 11.2 Å². The van der Waals surface area contributed by atoms with Crippen LogP contribution in [0.15, 0.2) is 46.0 Å². The number of anilines is 3. The van der Waals surface area contributed by atoms with E-state index in [-0.39, 0.29) is 24.0 Å². The molecule has 0 fully saturated rings. The molecule has 1 aromatic carbocycles. The van der Waals surface area contributed by atoms with Crippen LogP contribution in [0, 0.1) is 0 Å². The van der Waals surface area contributed by atoms with Crippen LogP contribution in [-0.4, -0.2) is 24.8 Å². The number of hydrogen-bond acceptors (Lipinski definition) is 6. The lowest BCUT2D eigenvalue weighted by atomic mass is 10.1. The van der Waals surface area contributed by atoms with Gasteiger partial charge in [-0.05, 0) is 24.8 Å². The molecular formula is C24H33N7O3. The second kappa shape index (κ2) is 11.4. The summed E-state index contributed by atoms with van der Waals surface area (Å²) in [6.45, 7) is 4.85. The summed E-state index contributed by atoms with van der Waals surface area (Å²) in [5.41, 5.74) is 7.40. The highest BCUT2D eigenvalue weighted by molar-refractivity contribution is 5.89. The minimum absolute atomic E-state index is 0.125. The van der Waals surface area contributed by atoms with Crippen molar-refractivity contribution >= 4 is 23.2 Å². The first-order chi connectivity index (χ1) is 16.3. The Morgan fingerprint density at radius 2 is 1.74 bits per heavy atom. The first-order valence-electron chi connectivity index (χ1n) is 11.6. The molecule has 10 nitrogen and oxygen atoms in total. The largest absolute Gasteiger partial charge is 0.383 e. The van der Waals surface area contributed by atoms with Crippen LogP contribution < -0.4 is 27.6 Å². The lowest BCUT2D eigenvalue weighted by molar-refractivity contribution is -0.116. The van der Waals surface area contributed by atoms with Crippen LogP contribution in [-0.2, 0) is 37.9 Å². The number of benzene rings is 1. The molecule has 2 heterocycles. The highest BCUT2D eigenvalue weighted by atomic mass is 16.2. The minimum atomic E-state index is -0.437. The maximum Gasteiger partial charge on any atom is 0.332 e. The van der Waals surface area contributed by atoms with Gasteiger partial charge in [0, 0.05) is 32.6 Å². The van der Waals surface area contributed by atoms with E-state index in [4.69, 9.17) is 5.73 Å². The quantitative estimate of drug-likeness (QED) is 0.397. The van der Waals surface area contributed by atoms with Gasteiger partial charge in [-0.1, -0.05) is 44.2 Å². The Kier molecular flexibility index (Phi) is 8.29. The standard InChI is InChI=1S/C24H33N7O3/c1-4-13-30-22(25)21(23(33)31(14-5-2)24(30)34)26-16-18-15-19(28-29(18)3)27-20(32)12-11-17-9-7-6-8-10-17/h6-10,15,26H,4-5,11-14,16,25H2,1-3H3,(H,27,28,32). The van der Waals surface area contributed by atoms with Crippen molar-refractivity contribution in [2.45, 2.75) is 59.2 Å². The lowest BCUT2D eigenvalue weighted by Crippen LogP contribution is -2.42. The Morgan fingerprint density at radius 3 is 2.41 bits per heavy atom. The molecule has 0 saturated heterocycles. The summed E-state index contributed by atoms with van der Waals surface area (Å²) < 4.78 is 4.28. The zero-order valence-corrected chi connectivity index (χ0v) is 20.0. The molecule has 4 N–H and O–H groups in total. The predicted molar refractivity (Wildman–Crippen MR) is 134 cm³/mol. The van der Waals surface area contributed by atoms with Gasteiger partial charge in [0.25, 0.3) is 5.56 Å². The van der Waals surface area contributed by atoms with Crippen LogP contribution in [0.5, 0.6) is 0 Å². The van der Waals surface area contributed by atoms with E-state index >= 15 is 0 Å². The lowest BCUT2D eigenvalue weighted by Gasteiger charge is -2.17. The van der Waals surface area contributed by atoms with Crippen LogP contribution in [0.2, 0.25) is 0 Å². The third-order valence-corrected chi connectivity index (χ3v) is 5.54. The maximum atomic E-state index is 12.9. The maximum absolute atomic E-state index is 12.9. The second-order valence-corrected chi connectivity index (χ2v) is 8.18. The molecule has 10 heteroatoms. The molecule has 1 amide bonds. The van der Waals surface area contributed by atoms with Gasteiger partial charge in [-0.15, -0.1) is 0 Å². The third kappa shape index (κ3) is 5.75. The van der Waals surface area contributed by atoms with E-state index in [0.29, 0.717) is 44.6 Å². The molecule has 0 spiro atoms. The van der Waals surface area contributed by atoms with E-state index in [1.807, 2.05) is 44.2 Å². The fraction of sp³-hybridized carbons (Fsp3) is 0.417. The highest BCUT2D eigenvalue weighted by Crippen LogP contribution is 2.15. The molecular weight excluding hydrogens is 434 g/mol. The van der Waals surface area contributed by atoms with Crippen molar-refractivity contribution in [2.75, 3.05) is 16.4 Å². The van der Waals surface area contributed by atoms with E-state index in [2.05, 4.69) is 15.7 Å². The fourth-order valence-electron chi connectivity index (χ4n) is 3.76. The number of nitrogens with zero attached hydrogens (tertiary/aromatic N) is 4. The molecule has 0 bridgehead atoms. The Hall–Kier alpha value is -3.82. The van der Waals surface area contributed by atoms with Crippen molar-refractivity contribution < 1.29 is 4.79 Å². The summed E-state index contributed by atoms with van der Waals surface area (Å²) in [5, 5.41) is 10.2. The monoisotopic (exact) mass is 467 g/mol. The van der Waals surface area contributed by atoms with Gasteiger partial charge in [0.1, 0.15) is 11.5 Å². The first kappa shape index (κ1) is 24.8. The summed E-state index contributed by atoms with van der Waals surface area (Å²) >= 11 is 0. The topological polar surface area (TPSA) is 129 Å². The van der Waals surface area contributed by atoms with Crippen molar-refractivity contribution in [1.82, 2.24) is 18.9 Å². The normalized spacial score (nSPS) is 10.9. The number of carbonyl (C=O) groups excluding carboxylic acids is 1. The number of hydrogen-bond donors (Lipinski definition) is 3. The Balaban J connectivity index is 1.72. The van der Waals surface area contributed by atoms with E-state index in [1.54, 1.807) is 17.8 Å². The zero-order valence-electron chi connectivity index (χ0n) is 20.0. The van der Waals surface area contributed by atoms with Crippen molar-refractivity contribution in [1.29, 1.82) is 0 Å². The molecule has 3 aromatic rings. The summed E-state index contributed by atoms with van der Waals surface area (Å²) in [4.78, 5) is 38.0. The summed E-state index contributed by atoms with van der Waals surface area (Å²) in [7, 11) is 1.76. The van der Waals surface area contributed by atoms with Crippen LogP contribution in [0.4, 0.5) is 17.3 Å². The molecule has 0 unspecified atom stereocenters. The van der Waals surface area contributed by atoms with Gasteiger partial charge < -0.3 is 16.4 Å². The molecule has 0 aliphatic heterocycles. The van der Waals surface area contributed by atoms with Gasteiger partial charge in [0.15, 0.2) is 5.82 Å². The number of carbonyl (C=O) groups is 1. The second-order valence-electron chi connectivity index (χ2n) is 8.18. The summed E-state index contributed by atoms with van der Waals surface area (Å²) in [6, 6.07) is 11.6. The number of rotatable bonds is 11. The number of nitrogens with one attached hydrogen (secondary N) is 2. The SMILES string of the molecule is CCCn1c(N)c(NCc2cc(NC(=O)CCc3ccccc3)nn2C)c(=O)n(CCC)c1=O. The van der Waals surface area contributed by atoms with E-state index in [9.17, 15) is 14.4 Å². The Labute approximate surface area is 198 Å². The highest BCUT2D eigenvalue weighted by Gasteiger charge is 2.17. The van der Waals surface area contributed by atoms with Gasteiger partial charge in [0.2, 0.25) is 5.91 Å². The van der Waals surface area contributed by atoms with Crippen LogP contribution in [0.25, 0.3) is 0 Å². The fourth-order valence-corrected chi connectivity index (χ4v) is 3.76. The Bertz CT molecular complexity index is 1240. The smallest absolute Gasteiger partial charge is 0.332 e. The average Bonchev–Trinajstić information content (AvgIpc) is 3.17. The van der Waals surface area contributed by atoms with E-state index in [1.165, 1.54) is 9.13 Å². The summed E-state index contributed by atoms with van der Waals surface area (Å²) in [5.74, 6) is 0.435. The molecule has 182 valence electrons. The van der Waals surface area contributed by atoms with Gasteiger partial charge in [-0.3, -0.25) is 23.4 Å². The van der Waals surface area contributed by atoms with Gasteiger partial charge in [-0.2, -0.15) is 5.10 Å². The van der Waals surface area contributed by atoms with Crippen molar-refractivity contribution in [3.05, 3.63) is 68.5 Å². The molecule has 2 aromatic heterocycles. The minimum Gasteiger partial charge on any atom is -0.383 e. The number of aromatic nitrogens is 4. The van der Waals surface area contributed by atoms with Crippen LogP contribution in [0.1, 0.15) is 44.4 Å². The van der Waals surface area contributed by atoms with Crippen molar-refractivity contribution in [3.8, 4) is 0 Å². The molecule has 0 radical (unpaired) electrons. The zero-order chi connectivity index (χ0) is 24.7. The molecule has 3 rings (SSSR count). The first-order valence-corrected chi connectivity index (χ1v) is 11.6. The number of aryl methyl sites for hydroxylation is 2. The van der Waals surface area contributed by atoms with Gasteiger partial charge in [0.05, 0.1) is 12.2 Å². The third-order valence-electron chi connectivity index (χ3n) is 5.54. The molecule has 0 aliphatic carbocycles. The summed E-state index contributed by atoms with van der Waals surface area (Å²) in [6.07, 6.45) is 2.36. The molecule has 34 heavy (non-hydrogen) atoms. The van der Waals surface area contributed by atoms with Gasteiger partial charge >= 0.3 is 5.69 Å². The molecule has 0 aliphatic rings. The van der Waals surface area contributed by atoms with Crippen LogP contribution in [0.3, 0.4) is 0 Å². The number of nitrogens with two attached hydrogens (primary N) is 1.